The number of nitrogens with two attached hydrogens (primary N) is 1. The van der Waals surface area contributed by atoms with E-state index in [-0.39, 0.29) is 29.9 Å². The minimum Gasteiger partial charge on any atom is -0.382 e. The average Bonchev–Trinajstić information content (AvgIpc) is 2.45. The normalized spacial score (nSPS) is 18.7. The quantitative estimate of drug-likeness (QED) is 0.267. The summed E-state index contributed by atoms with van der Waals surface area (Å²) in [7, 11) is 0. The van der Waals surface area contributed by atoms with Crippen molar-refractivity contribution in [3.8, 4) is 0 Å². The molecule has 6 nitrogen and oxygen atoms in total. The second-order valence-electron chi connectivity index (χ2n) is 5.41. The Balaban J connectivity index is 0.00000441. The number of hydrogen-bond donors (Lipinski definition) is 2. The highest BCUT2D eigenvalue weighted by molar-refractivity contribution is 14.0. The van der Waals surface area contributed by atoms with Crippen molar-refractivity contribution in [2.75, 3.05) is 39.4 Å². The molecule has 0 aromatic carbocycles. The van der Waals surface area contributed by atoms with Crippen molar-refractivity contribution in [2.45, 2.75) is 39.5 Å². The molecule has 1 heterocycles. The van der Waals surface area contributed by atoms with Crippen LogP contribution in [0.4, 0.5) is 0 Å². The van der Waals surface area contributed by atoms with Gasteiger partial charge in [-0.3, -0.25) is 9.79 Å². The summed E-state index contributed by atoms with van der Waals surface area (Å²) in [5, 5.41) is 3.34. The Morgan fingerprint density at radius 3 is 2.86 bits per heavy atom. The van der Waals surface area contributed by atoms with Crippen molar-refractivity contribution in [3.05, 3.63) is 0 Å². The fourth-order valence-corrected chi connectivity index (χ4v) is 2.63. The number of ether oxygens (including phenoxy) is 1. The number of likely N-dealkylation sites (tertiary alicyclic amines) is 1. The molecule has 1 aliphatic rings. The number of carbonyl (C=O) groups is 1. The maximum atomic E-state index is 11.1. The van der Waals surface area contributed by atoms with Crippen LogP contribution in [0.1, 0.15) is 39.5 Å². The van der Waals surface area contributed by atoms with E-state index in [4.69, 9.17) is 10.5 Å². The molecule has 1 saturated heterocycles. The van der Waals surface area contributed by atoms with Crippen molar-refractivity contribution in [2.24, 2.45) is 16.6 Å². The van der Waals surface area contributed by atoms with Crippen LogP contribution in [0, 0.1) is 5.92 Å². The minimum atomic E-state index is -0.208. The predicted octanol–water partition coefficient (Wildman–Crippen LogP) is 1.58. The number of rotatable bonds is 8. The lowest BCUT2D eigenvalue weighted by Gasteiger charge is -2.34. The van der Waals surface area contributed by atoms with E-state index in [9.17, 15) is 4.79 Å². The highest BCUT2D eigenvalue weighted by atomic mass is 127. The second-order valence-corrected chi connectivity index (χ2v) is 5.41. The van der Waals surface area contributed by atoms with Crippen molar-refractivity contribution < 1.29 is 9.53 Å². The summed E-state index contributed by atoms with van der Waals surface area (Å²) in [4.78, 5) is 18.0. The van der Waals surface area contributed by atoms with Gasteiger partial charge in [0, 0.05) is 45.8 Å². The zero-order valence-corrected chi connectivity index (χ0v) is 16.2. The molecule has 7 heteroatoms. The van der Waals surface area contributed by atoms with E-state index in [0.29, 0.717) is 12.3 Å². The first-order valence-electron chi connectivity index (χ1n) is 8.06. The number of carbonyl (C=O) groups excluding carboxylic acids is 1. The molecule has 0 aliphatic carbocycles. The lowest BCUT2D eigenvalue weighted by molar-refractivity contribution is -0.119. The molecule has 22 heavy (non-hydrogen) atoms. The summed E-state index contributed by atoms with van der Waals surface area (Å²) in [5.41, 5.74) is 5.31. The number of amides is 1. The van der Waals surface area contributed by atoms with Crippen LogP contribution in [0.25, 0.3) is 0 Å². The van der Waals surface area contributed by atoms with Crippen LogP contribution in [0.5, 0.6) is 0 Å². The standard InChI is InChI=1S/C15H30N4O2.HI/c1-3-17-15(18-8-6-10-21-4-2)19-9-5-7-13(12-19)11-14(16)20;/h13H,3-12H2,1-2H3,(H2,16,20)(H,17,18);1H. The first kappa shape index (κ1) is 21.4. The summed E-state index contributed by atoms with van der Waals surface area (Å²) < 4.78 is 5.33. The van der Waals surface area contributed by atoms with Crippen molar-refractivity contribution in [1.82, 2.24) is 10.2 Å². The molecular formula is C15H31IN4O2. The van der Waals surface area contributed by atoms with Crippen LogP contribution in [0.15, 0.2) is 4.99 Å². The second kappa shape index (κ2) is 12.9. The molecule has 1 atom stereocenters. The van der Waals surface area contributed by atoms with Gasteiger partial charge in [-0.15, -0.1) is 24.0 Å². The molecule has 1 fully saturated rings. The lowest BCUT2D eigenvalue weighted by atomic mass is 9.95. The largest absolute Gasteiger partial charge is 0.382 e. The Labute approximate surface area is 151 Å². The van der Waals surface area contributed by atoms with Gasteiger partial charge in [-0.25, -0.2) is 0 Å². The summed E-state index contributed by atoms with van der Waals surface area (Å²) in [6.07, 6.45) is 3.56. The molecule has 1 amide bonds. The van der Waals surface area contributed by atoms with Gasteiger partial charge in [-0.2, -0.15) is 0 Å². The number of primary amides is 1. The van der Waals surface area contributed by atoms with E-state index >= 15 is 0 Å². The molecule has 1 unspecified atom stereocenters. The summed E-state index contributed by atoms with van der Waals surface area (Å²) in [6, 6.07) is 0. The van der Waals surface area contributed by atoms with Gasteiger partial charge in [0.2, 0.25) is 5.91 Å². The van der Waals surface area contributed by atoms with Gasteiger partial charge in [0.1, 0.15) is 0 Å². The van der Waals surface area contributed by atoms with Crippen LogP contribution < -0.4 is 11.1 Å². The number of nitrogens with zero attached hydrogens (tertiary/aromatic N) is 2. The van der Waals surface area contributed by atoms with E-state index in [1.807, 2.05) is 6.92 Å². The van der Waals surface area contributed by atoms with E-state index in [2.05, 4.69) is 22.1 Å². The molecule has 0 spiro atoms. The average molecular weight is 426 g/mol. The first-order chi connectivity index (χ1) is 10.2. The van der Waals surface area contributed by atoms with Crippen LogP contribution in [-0.2, 0) is 9.53 Å². The number of piperidine rings is 1. The molecule has 3 N–H and O–H groups in total. The molecule has 130 valence electrons. The molecule has 0 aromatic rings. The van der Waals surface area contributed by atoms with Gasteiger partial charge in [-0.1, -0.05) is 0 Å². The Morgan fingerprint density at radius 2 is 2.23 bits per heavy atom. The first-order valence-corrected chi connectivity index (χ1v) is 8.06. The SMILES string of the molecule is CCNC(=NCCCOCC)N1CCCC(CC(N)=O)C1.I. The maximum absolute atomic E-state index is 11.1. The highest BCUT2D eigenvalue weighted by Gasteiger charge is 2.23. The third kappa shape index (κ3) is 8.77. The summed E-state index contributed by atoms with van der Waals surface area (Å²) in [5.74, 6) is 1.09. The molecule has 0 bridgehead atoms. The van der Waals surface area contributed by atoms with E-state index in [0.717, 1.165) is 64.6 Å². The molecule has 0 saturated carbocycles. The Bertz CT molecular complexity index is 340. The third-order valence-electron chi connectivity index (χ3n) is 3.56. The Kier molecular flexibility index (Phi) is 12.6. The molecule has 0 radical (unpaired) electrons. The zero-order valence-electron chi connectivity index (χ0n) is 13.8. The predicted molar refractivity (Wildman–Crippen MR) is 101 cm³/mol. The third-order valence-corrected chi connectivity index (χ3v) is 3.56. The smallest absolute Gasteiger partial charge is 0.217 e. The van der Waals surface area contributed by atoms with Crippen LogP contribution in [0.3, 0.4) is 0 Å². The topological polar surface area (TPSA) is 80.0 Å². The Hall–Kier alpha value is -0.570. The summed E-state index contributed by atoms with van der Waals surface area (Å²) in [6.45, 7) is 9.04. The van der Waals surface area contributed by atoms with Gasteiger partial charge in [-0.05, 0) is 39.0 Å². The lowest BCUT2D eigenvalue weighted by Crippen LogP contribution is -2.47. The van der Waals surface area contributed by atoms with E-state index in [1.54, 1.807) is 0 Å². The van der Waals surface area contributed by atoms with E-state index < -0.39 is 0 Å². The fourth-order valence-electron chi connectivity index (χ4n) is 2.63. The monoisotopic (exact) mass is 426 g/mol. The maximum Gasteiger partial charge on any atom is 0.217 e. The van der Waals surface area contributed by atoms with Crippen molar-refractivity contribution in [3.63, 3.8) is 0 Å². The van der Waals surface area contributed by atoms with Gasteiger partial charge >= 0.3 is 0 Å². The van der Waals surface area contributed by atoms with Gasteiger partial charge in [0.25, 0.3) is 0 Å². The fraction of sp³-hybridized carbons (Fsp3) is 0.867. The number of aliphatic imine (C=N–C) groups is 1. The Morgan fingerprint density at radius 1 is 1.45 bits per heavy atom. The molecular weight excluding hydrogens is 395 g/mol. The number of halogens is 1. The van der Waals surface area contributed by atoms with Crippen LogP contribution in [0.2, 0.25) is 0 Å². The summed E-state index contributed by atoms with van der Waals surface area (Å²) >= 11 is 0. The molecule has 1 aliphatic heterocycles. The molecule has 1 rings (SSSR count). The van der Waals surface area contributed by atoms with Crippen LogP contribution >= 0.6 is 24.0 Å². The van der Waals surface area contributed by atoms with E-state index in [1.165, 1.54) is 0 Å². The minimum absolute atomic E-state index is 0. The number of guanidine groups is 1. The molecule has 0 aromatic heterocycles. The highest BCUT2D eigenvalue weighted by Crippen LogP contribution is 2.19. The van der Waals surface area contributed by atoms with Crippen molar-refractivity contribution in [1.29, 1.82) is 0 Å². The van der Waals surface area contributed by atoms with Crippen molar-refractivity contribution >= 4 is 35.8 Å². The van der Waals surface area contributed by atoms with Gasteiger partial charge < -0.3 is 20.7 Å². The van der Waals surface area contributed by atoms with Crippen LogP contribution in [-0.4, -0.2) is 56.2 Å². The van der Waals surface area contributed by atoms with Gasteiger partial charge in [0.15, 0.2) is 5.96 Å². The zero-order chi connectivity index (χ0) is 15.5. The number of hydrogen-bond acceptors (Lipinski definition) is 3. The van der Waals surface area contributed by atoms with Gasteiger partial charge in [0.05, 0.1) is 0 Å². The number of nitrogens with one attached hydrogen (secondary N) is 1.